The number of hydrogen-bond acceptors (Lipinski definition) is 6. The average molecular weight is 419 g/mol. The Bertz CT molecular complexity index is 1110. The standard InChI is InChI=1S/C19H18FN3O5S/c1-23-18(11-17(21-23)13-3-5-14(20)6-4-13)22-29(25,26)16-9-7-15(8-10-16)28-12-19(24)27-2/h3-11,22H,12H2,1-2H3. The lowest BCUT2D eigenvalue weighted by Gasteiger charge is -2.09. The SMILES string of the molecule is COC(=O)COc1ccc(S(=O)(=O)Nc2cc(-c3ccc(F)cc3)nn2C)cc1. The molecule has 0 aliphatic carbocycles. The number of benzene rings is 2. The first-order valence-electron chi connectivity index (χ1n) is 8.41. The number of halogens is 1. The third kappa shape index (κ3) is 4.91. The molecule has 0 radical (unpaired) electrons. The molecule has 0 spiro atoms. The summed E-state index contributed by atoms with van der Waals surface area (Å²) < 4.78 is 51.9. The molecule has 0 aliphatic rings. The number of aryl methyl sites for hydroxylation is 1. The van der Waals surface area contributed by atoms with Crippen molar-refractivity contribution < 1.29 is 27.1 Å². The van der Waals surface area contributed by atoms with Gasteiger partial charge in [0.15, 0.2) is 6.61 Å². The normalized spacial score (nSPS) is 11.1. The molecule has 1 N–H and O–H groups in total. The van der Waals surface area contributed by atoms with Crippen LogP contribution in [0.4, 0.5) is 10.2 Å². The maximum absolute atomic E-state index is 13.1. The summed E-state index contributed by atoms with van der Waals surface area (Å²) in [6.07, 6.45) is 0. The first kappa shape index (κ1) is 20.3. The Hall–Kier alpha value is -3.40. The number of methoxy groups -OCH3 is 1. The van der Waals surface area contributed by atoms with Gasteiger partial charge in [0.1, 0.15) is 17.4 Å². The smallest absolute Gasteiger partial charge is 0.343 e. The summed E-state index contributed by atoms with van der Waals surface area (Å²) in [4.78, 5) is 11.1. The summed E-state index contributed by atoms with van der Waals surface area (Å²) in [5, 5.41) is 4.25. The molecule has 10 heteroatoms. The van der Waals surface area contributed by atoms with Crippen molar-refractivity contribution in [2.45, 2.75) is 4.90 Å². The van der Waals surface area contributed by atoms with Crippen molar-refractivity contribution in [1.29, 1.82) is 0 Å². The zero-order valence-electron chi connectivity index (χ0n) is 15.6. The molecule has 29 heavy (non-hydrogen) atoms. The van der Waals surface area contributed by atoms with E-state index in [0.717, 1.165) is 0 Å². The number of sulfonamides is 1. The number of hydrogen-bond donors (Lipinski definition) is 1. The van der Waals surface area contributed by atoms with Gasteiger partial charge in [-0.15, -0.1) is 0 Å². The largest absolute Gasteiger partial charge is 0.482 e. The molecule has 0 saturated heterocycles. The minimum Gasteiger partial charge on any atom is -0.482 e. The number of rotatable bonds is 7. The molecule has 1 heterocycles. The highest BCUT2D eigenvalue weighted by Gasteiger charge is 2.18. The predicted molar refractivity (Wildman–Crippen MR) is 103 cm³/mol. The molecule has 1 aromatic heterocycles. The summed E-state index contributed by atoms with van der Waals surface area (Å²) in [7, 11) is -1.05. The van der Waals surface area contributed by atoms with Crippen LogP contribution < -0.4 is 9.46 Å². The molecule has 2 aromatic carbocycles. The molecule has 8 nitrogen and oxygen atoms in total. The first-order valence-corrected chi connectivity index (χ1v) is 9.89. The minimum absolute atomic E-state index is 0.00690. The average Bonchev–Trinajstić information content (AvgIpc) is 3.06. The topological polar surface area (TPSA) is 99.5 Å². The van der Waals surface area contributed by atoms with Gasteiger partial charge in [-0.3, -0.25) is 9.40 Å². The Labute approximate surface area is 166 Å². The molecular formula is C19H18FN3O5S. The van der Waals surface area contributed by atoms with Crippen molar-refractivity contribution >= 4 is 21.8 Å². The minimum atomic E-state index is -3.88. The van der Waals surface area contributed by atoms with Gasteiger partial charge < -0.3 is 9.47 Å². The van der Waals surface area contributed by atoms with Crippen LogP contribution in [0.1, 0.15) is 0 Å². The Morgan fingerprint density at radius 1 is 1.14 bits per heavy atom. The maximum atomic E-state index is 13.1. The van der Waals surface area contributed by atoms with Gasteiger partial charge in [-0.1, -0.05) is 0 Å². The molecule has 3 aromatic rings. The van der Waals surface area contributed by atoms with Crippen molar-refractivity contribution in [1.82, 2.24) is 9.78 Å². The van der Waals surface area contributed by atoms with Gasteiger partial charge in [-0.2, -0.15) is 5.10 Å². The summed E-state index contributed by atoms with van der Waals surface area (Å²) in [5.74, 6) is -0.343. The molecular weight excluding hydrogens is 401 g/mol. The lowest BCUT2D eigenvalue weighted by Crippen LogP contribution is -2.15. The van der Waals surface area contributed by atoms with Crippen LogP contribution in [0.25, 0.3) is 11.3 Å². The molecule has 3 rings (SSSR count). The zero-order valence-corrected chi connectivity index (χ0v) is 16.4. The number of anilines is 1. The van der Waals surface area contributed by atoms with Crippen LogP contribution in [0, 0.1) is 5.82 Å². The highest BCUT2D eigenvalue weighted by molar-refractivity contribution is 7.92. The van der Waals surface area contributed by atoms with E-state index in [0.29, 0.717) is 17.0 Å². The van der Waals surface area contributed by atoms with Crippen LogP contribution in [0.3, 0.4) is 0 Å². The zero-order chi connectivity index (χ0) is 21.0. The van der Waals surface area contributed by atoms with E-state index in [1.807, 2.05) is 0 Å². The second-order valence-corrected chi connectivity index (χ2v) is 7.67. The number of aromatic nitrogens is 2. The van der Waals surface area contributed by atoms with Crippen molar-refractivity contribution in [3.63, 3.8) is 0 Å². The van der Waals surface area contributed by atoms with Gasteiger partial charge in [0.05, 0.1) is 17.7 Å². The second kappa shape index (κ2) is 8.31. The van der Waals surface area contributed by atoms with Crippen molar-refractivity contribution in [2.24, 2.45) is 7.05 Å². The van der Waals surface area contributed by atoms with E-state index >= 15 is 0 Å². The van der Waals surface area contributed by atoms with E-state index in [4.69, 9.17) is 4.74 Å². The van der Waals surface area contributed by atoms with Crippen LogP contribution in [0.15, 0.2) is 59.5 Å². The number of carbonyl (C=O) groups is 1. The van der Waals surface area contributed by atoms with Gasteiger partial charge in [0, 0.05) is 18.7 Å². The van der Waals surface area contributed by atoms with Gasteiger partial charge >= 0.3 is 5.97 Å². The fourth-order valence-corrected chi connectivity index (χ4v) is 3.52. The van der Waals surface area contributed by atoms with E-state index in [1.165, 1.54) is 48.2 Å². The van der Waals surface area contributed by atoms with Crippen LogP contribution in [-0.2, 0) is 26.6 Å². The van der Waals surface area contributed by atoms with Crippen LogP contribution in [0.5, 0.6) is 5.75 Å². The van der Waals surface area contributed by atoms with Crippen LogP contribution >= 0.6 is 0 Å². The third-order valence-electron chi connectivity index (χ3n) is 3.98. The third-order valence-corrected chi connectivity index (χ3v) is 5.35. The fourth-order valence-electron chi connectivity index (χ4n) is 2.44. The van der Waals surface area contributed by atoms with E-state index in [9.17, 15) is 17.6 Å². The highest BCUT2D eigenvalue weighted by Crippen LogP contribution is 2.24. The highest BCUT2D eigenvalue weighted by atomic mass is 32.2. The van der Waals surface area contributed by atoms with E-state index in [2.05, 4.69) is 14.6 Å². The molecule has 0 fully saturated rings. The second-order valence-electron chi connectivity index (χ2n) is 5.99. The Morgan fingerprint density at radius 3 is 2.41 bits per heavy atom. The van der Waals surface area contributed by atoms with Gasteiger partial charge in [-0.05, 0) is 48.5 Å². The lowest BCUT2D eigenvalue weighted by molar-refractivity contribution is -0.142. The van der Waals surface area contributed by atoms with Crippen molar-refractivity contribution in [3.05, 3.63) is 60.4 Å². The summed E-state index contributed by atoms with van der Waals surface area (Å²) in [6.45, 7) is -0.276. The lowest BCUT2D eigenvalue weighted by atomic mass is 10.1. The maximum Gasteiger partial charge on any atom is 0.343 e. The van der Waals surface area contributed by atoms with Crippen LogP contribution in [-0.4, -0.2) is 37.9 Å². The quantitative estimate of drug-likeness (QED) is 0.591. The Balaban J connectivity index is 1.75. The van der Waals surface area contributed by atoms with E-state index in [1.54, 1.807) is 25.2 Å². The summed E-state index contributed by atoms with van der Waals surface area (Å²) in [5.41, 5.74) is 1.15. The number of nitrogens with one attached hydrogen (secondary N) is 1. The van der Waals surface area contributed by atoms with Crippen molar-refractivity contribution in [3.8, 4) is 17.0 Å². The number of ether oxygens (including phenoxy) is 2. The Kier molecular flexibility index (Phi) is 5.83. The van der Waals surface area contributed by atoms with E-state index < -0.39 is 16.0 Å². The molecule has 0 bridgehead atoms. The Morgan fingerprint density at radius 2 is 1.79 bits per heavy atom. The molecule has 0 saturated carbocycles. The van der Waals surface area contributed by atoms with Crippen LogP contribution in [0.2, 0.25) is 0 Å². The van der Waals surface area contributed by atoms with Gasteiger partial charge in [-0.25, -0.2) is 17.6 Å². The molecule has 0 aliphatic heterocycles. The number of esters is 1. The molecule has 152 valence electrons. The number of nitrogens with zero attached hydrogens (tertiary/aromatic N) is 2. The first-order chi connectivity index (χ1) is 13.8. The monoisotopic (exact) mass is 419 g/mol. The molecule has 0 atom stereocenters. The fraction of sp³-hybridized carbons (Fsp3) is 0.158. The van der Waals surface area contributed by atoms with Crippen molar-refractivity contribution in [2.75, 3.05) is 18.4 Å². The number of carbonyl (C=O) groups excluding carboxylic acids is 1. The molecule has 0 unspecified atom stereocenters. The van der Waals surface area contributed by atoms with E-state index in [-0.39, 0.29) is 23.1 Å². The summed E-state index contributed by atoms with van der Waals surface area (Å²) >= 11 is 0. The molecule has 0 amide bonds. The predicted octanol–water partition coefficient (Wildman–Crippen LogP) is 2.58. The summed E-state index contributed by atoms with van der Waals surface area (Å²) in [6, 6.07) is 12.9. The van der Waals surface area contributed by atoms with Gasteiger partial charge in [0.25, 0.3) is 10.0 Å². The van der Waals surface area contributed by atoms with Gasteiger partial charge in [0.2, 0.25) is 0 Å².